The van der Waals surface area contributed by atoms with E-state index in [1.165, 1.54) is 12.1 Å². The zero-order valence-corrected chi connectivity index (χ0v) is 15.5. The van der Waals surface area contributed by atoms with Gasteiger partial charge in [-0.1, -0.05) is 38.1 Å². The number of hydrogen-bond donors (Lipinski definition) is 1. The van der Waals surface area contributed by atoms with Crippen molar-refractivity contribution in [1.29, 1.82) is 0 Å². The molecule has 0 heterocycles. The summed E-state index contributed by atoms with van der Waals surface area (Å²) < 4.78 is 18.9. The van der Waals surface area contributed by atoms with Crippen molar-refractivity contribution in [2.24, 2.45) is 0 Å². The molecule has 1 amide bonds. The maximum absolute atomic E-state index is 13.0. The van der Waals surface area contributed by atoms with E-state index < -0.39 is 6.10 Å². The molecule has 2 rings (SSSR count). The van der Waals surface area contributed by atoms with E-state index in [-0.39, 0.29) is 17.8 Å². The first-order valence-corrected chi connectivity index (χ1v) is 8.61. The van der Waals surface area contributed by atoms with Crippen LogP contribution in [-0.4, -0.2) is 12.0 Å². The molecule has 134 valence electrons. The van der Waals surface area contributed by atoms with Gasteiger partial charge in [0.05, 0.1) is 6.04 Å². The topological polar surface area (TPSA) is 38.3 Å². The molecule has 0 unspecified atom stereocenters. The van der Waals surface area contributed by atoms with Crippen molar-refractivity contribution >= 4 is 5.91 Å². The highest BCUT2D eigenvalue weighted by atomic mass is 19.1. The third-order valence-electron chi connectivity index (χ3n) is 4.19. The second-order valence-electron chi connectivity index (χ2n) is 6.74. The molecule has 2 aromatic carbocycles. The third kappa shape index (κ3) is 5.05. The summed E-state index contributed by atoms with van der Waals surface area (Å²) >= 11 is 0. The van der Waals surface area contributed by atoms with Crippen LogP contribution in [0.1, 0.15) is 56.3 Å². The van der Waals surface area contributed by atoms with E-state index in [1.807, 2.05) is 32.0 Å². The molecule has 0 aliphatic carbocycles. The lowest BCUT2D eigenvalue weighted by atomic mass is 10.0. The SMILES string of the molecule is Cc1ccc(C(C)C)c(O[C@H](C)C(=O)N[C@H](C)c2ccc(F)cc2)c1. The molecule has 0 aromatic heterocycles. The molecule has 0 aliphatic heterocycles. The average molecular weight is 343 g/mol. The zero-order chi connectivity index (χ0) is 18.6. The number of hydrogen-bond acceptors (Lipinski definition) is 2. The summed E-state index contributed by atoms with van der Waals surface area (Å²) in [7, 11) is 0. The minimum atomic E-state index is -0.623. The molecule has 2 aromatic rings. The minimum Gasteiger partial charge on any atom is -0.481 e. The number of aryl methyl sites for hydroxylation is 1. The van der Waals surface area contributed by atoms with Gasteiger partial charge in [0.1, 0.15) is 11.6 Å². The number of halogens is 1. The van der Waals surface area contributed by atoms with E-state index in [4.69, 9.17) is 4.74 Å². The molecule has 2 atom stereocenters. The van der Waals surface area contributed by atoms with Gasteiger partial charge < -0.3 is 10.1 Å². The molecule has 3 nitrogen and oxygen atoms in total. The van der Waals surface area contributed by atoms with E-state index in [0.717, 1.165) is 22.4 Å². The molecule has 4 heteroatoms. The fraction of sp³-hybridized carbons (Fsp3) is 0.381. The Labute approximate surface area is 149 Å². The van der Waals surface area contributed by atoms with Crippen molar-refractivity contribution in [3.05, 3.63) is 65.0 Å². The van der Waals surface area contributed by atoms with Gasteiger partial charge in [0.15, 0.2) is 6.10 Å². The van der Waals surface area contributed by atoms with Gasteiger partial charge >= 0.3 is 0 Å². The fourth-order valence-electron chi connectivity index (χ4n) is 2.63. The zero-order valence-electron chi connectivity index (χ0n) is 15.5. The van der Waals surface area contributed by atoms with Crippen LogP contribution in [0.4, 0.5) is 4.39 Å². The van der Waals surface area contributed by atoms with Gasteiger partial charge in [-0.15, -0.1) is 0 Å². The number of carbonyl (C=O) groups excluding carboxylic acids is 1. The van der Waals surface area contributed by atoms with Crippen LogP contribution in [-0.2, 0) is 4.79 Å². The van der Waals surface area contributed by atoms with Crippen molar-refractivity contribution in [2.45, 2.75) is 52.7 Å². The second kappa shape index (κ2) is 8.15. The summed E-state index contributed by atoms with van der Waals surface area (Å²) in [5.74, 6) is 0.559. The maximum Gasteiger partial charge on any atom is 0.261 e. The van der Waals surface area contributed by atoms with Crippen molar-refractivity contribution in [1.82, 2.24) is 5.32 Å². The number of carbonyl (C=O) groups is 1. The van der Waals surface area contributed by atoms with Crippen molar-refractivity contribution < 1.29 is 13.9 Å². The molecule has 25 heavy (non-hydrogen) atoms. The number of amides is 1. The number of rotatable bonds is 6. The smallest absolute Gasteiger partial charge is 0.261 e. The van der Waals surface area contributed by atoms with Gasteiger partial charge in [-0.25, -0.2) is 4.39 Å². The van der Waals surface area contributed by atoms with Gasteiger partial charge in [0.2, 0.25) is 0 Å². The normalized spacial score (nSPS) is 13.4. The Morgan fingerprint density at radius 3 is 2.28 bits per heavy atom. The lowest BCUT2D eigenvalue weighted by molar-refractivity contribution is -0.127. The summed E-state index contributed by atoms with van der Waals surface area (Å²) in [6, 6.07) is 11.9. The maximum atomic E-state index is 13.0. The first-order valence-electron chi connectivity index (χ1n) is 8.61. The van der Waals surface area contributed by atoms with Crippen molar-refractivity contribution in [3.8, 4) is 5.75 Å². The van der Waals surface area contributed by atoms with Crippen LogP contribution in [0.25, 0.3) is 0 Å². The third-order valence-corrected chi connectivity index (χ3v) is 4.19. The Morgan fingerprint density at radius 1 is 1.04 bits per heavy atom. The highest BCUT2D eigenvalue weighted by molar-refractivity contribution is 5.81. The summed E-state index contributed by atoms with van der Waals surface area (Å²) in [5, 5.41) is 2.91. The van der Waals surface area contributed by atoms with Gasteiger partial charge in [-0.05, 0) is 61.6 Å². The molecule has 0 bridgehead atoms. The summed E-state index contributed by atoms with van der Waals surface area (Å²) in [4.78, 5) is 12.5. The van der Waals surface area contributed by atoms with Crippen LogP contribution in [0.2, 0.25) is 0 Å². The van der Waals surface area contributed by atoms with Crippen LogP contribution in [0.5, 0.6) is 5.75 Å². The predicted octanol–water partition coefficient (Wildman–Crippen LogP) is 4.90. The number of ether oxygens (including phenoxy) is 1. The Bertz CT molecular complexity index is 725. The average Bonchev–Trinajstić information content (AvgIpc) is 2.55. The molecule has 0 aliphatic rings. The van der Waals surface area contributed by atoms with Gasteiger partial charge in [-0.3, -0.25) is 4.79 Å². The van der Waals surface area contributed by atoms with Crippen LogP contribution < -0.4 is 10.1 Å². The lowest BCUT2D eigenvalue weighted by Crippen LogP contribution is -2.38. The van der Waals surface area contributed by atoms with Gasteiger partial charge in [0.25, 0.3) is 5.91 Å². The minimum absolute atomic E-state index is 0.201. The fourth-order valence-corrected chi connectivity index (χ4v) is 2.63. The van der Waals surface area contributed by atoms with Crippen LogP contribution >= 0.6 is 0 Å². The molecular formula is C21H26FNO2. The number of benzene rings is 2. The van der Waals surface area contributed by atoms with E-state index >= 15 is 0 Å². The lowest BCUT2D eigenvalue weighted by Gasteiger charge is -2.21. The van der Waals surface area contributed by atoms with E-state index in [0.29, 0.717) is 5.92 Å². The molecule has 0 spiro atoms. The molecule has 1 N–H and O–H groups in total. The standard InChI is InChI=1S/C21H26FNO2/c1-13(2)19-11-6-14(3)12-20(19)25-16(5)21(24)23-15(4)17-7-9-18(22)10-8-17/h6-13,15-16H,1-5H3,(H,23,24)/t15-,16-/m1/s1. The van der Waals surface area contributed by atoms with Gasteiger partial charge in [-0.2, -0.15) is 0 Å². The highest BCUT2D eigenvalue weighted by Gasteiger charge is 2.19. The monoisotopic (exact) mass is 343 g/mol. The summed E-state index contributed by atoms with van der Waals surface area (Å²) in [5.41, 5.74) is 3.02. The number of nitrogens with one attached hydrogen (secondary N) is 1. The van der Waals surface area contributed by atoms with E-state index in [1.54, 1.807) is 19.1 Å². The highest BCUT2D eigenvalue weighted by Crippen LogP contribution is 2.28. The van der Waals surface area contributed by atoms with Gasteiger partial charge in [0, 0.05) is 0 Å². The van der Waals surface area contributed by atoms with Crippen LogP contribution in [0, 0.1) is 12.7 Å². The molecule has 0 saturated carbocycles. The summed E-state index contributed by atoms with van der Waals surface area (Å²) in [6.07, 6.45) is -0.623. The Kier molecular flexibility index (Phi) is 6.18. The molecule has 0 fully saturated rings. The van der Waals surface area contributed by atoms with E-state index in [2.05, 4.69) is 19.2 Å². The first kappa shape index (κ1) is 19.0. The van der Waals surface area contributed by atoms with Crippen LogP contribution in [0.3, 0.4) is 0 Å². The summed E-state index contributed by atoms with van der Waals surface area (Å²) in [6.45, 7) is 9.79. The predicted molar refractivity (Wildman–Crippen MR) is 98.3 cm³/mol. The molecule has 0 radical (unpaired) electrons. The first-order chi connectivity index (χ1) is 11.8. The molecule has 0 saturated heterocycles. The Balaban J connectivity index is 2.05. The quantitative estimate of drug-likeness (QED) is 0.810. The van der Waals surface area contributed by atoms with Crippen molar-refractivity contribution in [3.63, 3.8) is 0 Å². The van der Waals surface area contributed by atoms with Crippen LogP contribution in [0.15, 0.2) is 42.5 Å². The van der Waals surface area contributed by atoms with E-state index in [9.17, 15) is 9.18 Å². The Hall–Kier alpha value is -2.36. The molecular weight excluding hydrogens is 317 g/mol. The van der Waals surface area contributed by atoms with Crippen molar-refractivity contribution in [2.75, 3.05) is 0 Å². The largest absolute Gasteiger partial charge is 0.481 e. The Morgan fingerprint density at radius 2 is 1.68 bits per heavy atom. The second-order valence-corrected chi connectivity index (χ2v) is 6.74.